The predicted octanol–water partition coefficient (Wildman–Crippen LogP) is 4.51. The Morgan fingerprint density at radius 2 is 2.15 bits per heavy atom. The predicted molar refractivity (Wildman–Crippen MR) is 90.4 cm³/mol. The SMILES string of the molecule is CCCCCN(C)C(=O)c1sc2cc(Br)ccc2c1N. The Morgan fingerprint density at radius 1 is 1.40 bits per heavy atom. The average Bonchev–Trinajstić information content (AvgIpc) is 2.74. The van der Waals surface area contributed by atoms with Crippen molar-refractivity contribution in [1.82, 2.24) is 4.90 Å². The Balaban J connectivity index is 2.23. The monoisotopic (exact) mass is 354 g/mol. The minimum Gasteiger partial charge on any atom is -0.397 e. The van der Waals surface area contributed by atoms with Gasteiger partial charge in [0.2, 0.25) is 0 Å². The van der Waals surface area contributed by atoms with Gasteiger partial charge in [-0.25, -0.2) is 0 Å². The van der Waals surface area contributed by atoms with E-state index in [-0.39, 0.29) is 5.91 Å². The number of benzene rings is 1. The fourth-order valence-electron chi connectivity index (χ4n) is 2.12. The average molecular weight is 355 g/mol. The third kappa shape index (κ3) is 3.15. The van der Waals surface area contributed by atoms with Crippen molar-refractivity contribution in [2.75, 3.05) is 19.3 Å². The summed E-state index contributed by atoms with van der Waals surface area (Å²) in [5, 5.41) is 0.962. The van der Waals surface area contributed by atoms with Gasteiger partial charge in [-0.1, -0.05) is 41.8 Å². The van der Waals surface area contributed by atoms with Crippen molar-refractivity contribution in [3.8, 4) is 0 Å². The minimum atomic E-state index is 0.0240. The lowest BCUT2D eigenvalue weighted by Gasteiger charge is -2.16. The summed E-state index contributed by atoms with van der Waals surface area (Å²) in [6.45, 7) is 2.94. The van der Waals surface area contributed by atoms with Crippen LogP contribution >= 0.6 is 27.3 Å². The highest BCUT2D eigenvalue weighted by Crippen LogP contribution is 2.35. The van der Waals surface area contributed by atoms with Crippen LogP contribution in [-0.2, 0) is 0 Å². The van der Waals surface area contributed by atoms with E-state index in [2.05, 4.69) is 22.9 Å². The molecule has 0 radical (unpaired) electrons. The number of halogens is 1. The van der Waals surface area contributed by atoms with E-state index in [0.29, 0.717) is 10.6 Å². The summed E-state index contributed by atoms with van der Waals surface area (Å²) in [4.78, 5) is 14.9. The van der Waals surface area contributed by atoms with Gasteiger partial charge in [0.05, 0.1) is 5.69 Å². The summed E-state index contributed by atoms with van der Waals surface area (Å²) < 4.78 is 2.05. The second kappa shape index (κ2) is 6.59. The molecule has 0 saturated heterocycles. The highest BCUT2D eigenvalue weighted by molar-refractivity contribution is 9.10. The van der Waals surface area contributed by atoms with E-state index in [4.69, 9.17) is 5.73 Å². The Bertz CT molecular complexity index is 624. The third-order valence-corrected chi connectivity index (χ3v) is 4.98. The molecule has 2 aromatic rings. The summed E-state index contributed by atoms with van der Waals surface area (Å²) in [5.74, 6) is 0.0240. The van der Waals surface area contributed by atoms with Crippen LogP contribution in [-0.4, -0.2) is 24.4 Å². The zero-order valence-electron chi connectivity index (χ0n) is 11.8. The fourth-order valence-corrected chi connectivity index (χ4v) is 3.79. The highest BCUT2D eigenvalue weighted by atomic mass is 79.9. The number of rotatable bonds is 5. The maximum atomic E-state index is 12.5. The van der Waals surface area contributed by atoms with Crippen molar-refractivity contribution >= 4 is 48.9 Å². The maximum absolute atomic E-state index is 12.5. The van der Waals surface area contributed by atoms with Crippen LogP contribution < -0.4 is 5.73 Å². The molecule has 0 spiro atoms. The van der Waals surface area contributed by atoms with E-state index >= 15 is 0 Å². The van der Waals surface area contributed by atoms with Crippen molar-refractivity contribution in [3.63, 3.8) is 0 Å². The third-order valence-electron chi connectivity index (χ3n) is 3.33. The first-order chi connectivity index (χ1) is 9.54. The maximum Gasteiger partial charge on any atom is 0.265 e. The smallest absolute Gasteiger partial charge is 0.265 e. The van der Waals surface area contributed by atoms with Gasteiger partial charge in [-0.3, -0.25) is 4.79 Å². The van der Waals surface area contributed by atoms with Crippen LogP contribution in [0.15, 0.2) is 22.7 Å². The van der Waals surface area contributed by atoms with Crippen molar-refractivity contribution in [1.29, 1.82) is 0 Å². The first-order valence-electron chi connectivity index (χ1n) is 6.77. The van der Waals surface area contributed by atoms with E-state index in [9.17, 15) is 4.79 Å². The molecule has 0 unspecified atom stereocenters. The summed E-state index contributed by atoms with van der Waals surface area (Å²) in [5.41, 5.74) is 6.73. The fraction of sp³-hybridized carbons (Fsp3) is 0.400. The number of thiophene rings is 1. The zero-order valence-corrected chi connectivity index (χ0v) is 14.2. The van der Waals surface area contributed by atoms with Gasteiger partial charge in [-0.05, 0) is 18.6 Å². The molecular formula is C15H19BrN2OS. The van der Waals surface area contributed by atoms with Gasteiger partial charge in [-0.2, -0.15) is 0 Å². The van der Waals surface area contributed by atoms with Gasteiger partial charge in [0.25, 0.3) is 5.91 Å². The molecule has 2 rings (SSSR count). The van der Waals surface area contributed by atoms with Crippen LogP contribution in [0.3, 0.4) is 0 Å². The van der Waals surface area contributed by atoms with Crippen LogP contribution in [0.2, 0.25) is 0 Å². The van der Waals surface area contributed by atoms with Crippen LogP contribution in [0, 0.1) is 0 Å². The van der Waals surface area contributed by atoms with E-state index in [1.807, 2.05) is 25.2 Å². The number of hydrogen-bond acceptors (Lipinski definition) is 3. The van der Waals surface area contributed by atoms with Crippen molar-refractivity contribution in [2.24, 2.45) is 0 Å². The van der Waals surface area contributed by atoms with E-state index in [1.165, 1.54) is 11.3 Å². The molecule has 0 aliphatic heterocycles. The van der Waals surface area contributed by atoms with Gasteiger partial charge in [-0.15, -0.1) is 11.3 Å². The second-order valence-electron chi connectivity index (χ2n) is 4.92. The van der Waals surface area contributed by atoms with Gasteiger partial charge >= 0.3 is 0 Å². The molecule has 0 saturated carbocycles. The largest absolute Gasteiger partial charge is 0.397 e. The molecule has 2 N–H and O–H groups in total. The van der Waals surface area contributed by atoms with Gasteiger partial charge < -0.3 is 10.6 Å². The van der Waals surface area contributed by atoms with Crippen LogP contribution in [0.1, 0.15) is 35.9 Å². The second-order valence-corrected chi connectivity index (χ2v) is 6.89. The number of carbonyl (C=O) groups excluding carboxylic acids is 1. The Morgan fingerprint density at radius 3 is 2.85 bits per heavy atom. The van der Waals surface area contributed by atoms with Crippen molar-refractivity contribution in [2.45, 2.75) is 26.2 Å². The van der Waals surface area contributed by atoms with Crippen LogP contribution in [0.5, 0.6) is 0 Å². The number of nitrogen functional groups attached to an aromatic ring is 1. The zero-order chi connectivity index (χ0) is 14.7. The number of nitrogens with two attached hydrogens (primary N) is 1. The molecule has 0 aliphatic rings. The Kier molecular flexibility index (Phi) is 5.05. The number of anilines is 1. The molecular weight excluding hydrogens is 336 g/mol. The summed E-state index contributed by atoms with van der Waals surface area (Å²) >= 11 is 4.91. The van der Waals surface area contributed by atoms with E-state index in [0.717, 1.165) is 40.4 Å². The van der Waals surface area contributed by atoms with E-state index < -0.39 is 0 Å². The molecule has 108 valence electrons. The topological polar surface area (TPSA) is 46.3 Å². The highest BCUT2D eigenvalue weighted by Gasteiger charge is 2.19. The molecule has 0 bridgehead atoms. The summed E-state index contributed by atoms with van der Waals surface area (Å²) in [6, 6.07) is 5.91. The standard InChI is InChI=1S/C15H19BrN2OS/c1-3-4-5-8-18(2)15(19)14-13(17)11-7-6-10(16)9-12(11)20-14/h6-7,9H,3-5,8,17H2,1-2H3. The van der Waals surface area contributed by atoms with Gasteiger partial charge in [0, 0.05) is 28.2 Å². The van der Waals surface area contributed by atoms with Crippen molar-refractivity contribution < 1.29 is 4.79 Å². The molecule has 1 aromatic carbocycles. The van der Waals surface area contributed by atoms with Crippen LogP contribution in [0.4, 0.5) is 5.69 Å². The molecule has 5 heteroatoms. The number of hydrogen-bond donors (Lipinski definition) is 1. The quantitative estimate of drug-likeness (QED) is 0.803. The number of nitrogens with zero attached hydrogens (tertiary/aromatic N) is 1. The lowest BCUT2D eigenvalue weighted by Crippen LogP contribution is -2.27. The van der Waals surface area contributed by atoms with Crippen molar-refractivity contribution in [3.05, 3.63) is 27.5 Å². The number of unbranched alkanes of at least 4 members (excludes halogenated alkanes) is 2. The van der Waals surface area contributed by atoms with Gasteiger partial charge in [0.1, 0.15) is 4.88 Å². The normalized spacial score (nSPS) is 10.9. The first-order valence-corrected chi connectivity index (χ1v) is 8.38. The molecule has 1 heterocycles. The lowest BCUT2D eigenvalue weighted by molar-refractivity contribution is 0.0798. The van der Waals surface area contributed by atoms with E-state index in [1.54, 1.807) is 4.90 Å². The molecule has 0 atom stereocenters. The Hall–Kier alpha value is -1.07. The molecule has 3 nitrogen and oxygen atoms in total. The molecule has 0 aliphatic carbocycles. The Labute approximate surface area is 131 Å². The van der Waals surface area contributed by atoms with Crippen LogP contribution in [0.25, 0.3) is 10.1 Å². The summed E-state index contributed by atoms with van der Waals surface area (Å²) in [7, 11) is 1.84. The molecule has 0 fully saturated rings. The molecule has 20 heavy (non-hydrogen) atoms. The minimum absolute atomic E-state index is 0.0240. The molecule has 1 amide bonds. The first kappa shape index (κ1) is 15.3. The lowest BCUT2D eigenvalue weighted by atomic mass is 10.2. The number of fused-ring (bicyclic) bond motifs is 1. The summed E-state index contributed by atoms with van der Waals surface area (Å²) in [6.07, 6.45) is 3.34. The number of carbonyl (C=O) groups is 1. The molecule has 1 aromatic heterocycles. The van der Waals surface area contributed by atoms with Gasteiger partial charge in [0.15, 0.2) is 0 Å². The number of amides is 1.